The van der Waals surface area contributed by atoms with Gasteiger partial charge in [0.25, 0.3) is 0 Å². The number of aromatic amines is 1. The van der Waals surface area contributed by atoms with Crippen molar-refractivity contribution in [1.29, 1.82) is 0 Å². The molecule has 6 rings (SSSR count). The lowest BCUT2D eigenvalue weighted by atomic mass is 9.68. The van der Waals surface area contributed by atoms with Crippen LogP contribution < -0.4 is 4.87 Å². The highest BCUT2D eigenvalue weighted by Gasteiger charge is 2.70. The molecule has 2 aliphatic carbocycles. The first-order chi connectivity index (χ1) is 16.2. The summed E-state index contributed by atoms with van der Waals surface area (Å²) in [6.07, 6.45) is 0.796. The van der Waals surface area contributed by atoms with Crippen molar-refractivity contribution >= 4 is 40.9 Å². The molecule has 9 heteroatoms. The van der Waals surface area contributed by atoms with Gasteiger partial charge in [-0.2, -0.15) is 0 Å². The molecule has 34 heavy (non-hydrogen) atoms. The second-order valence-corrected chi connectivity index (χ2v) is 12.6. The molecule has 3 fully saturated rings. The highest BCUT2D eigenvalue weighted by Crippen LogP contribution is 2.68. The van der Waals surface area contributed by atoms with Crippen molar-refractivity contribution in [2.75, 3.05) is 0 Å². The molecule has 2 amide bonds. The molecule has 7 nitrogen and oxygen atoms in total. The number of fused-ring (bicyclic) bond motifs is 9. The molecule has 2 aliphatic heterocycles. The van der Waals surface area contributed by atoms with Crippen LogP contribution in [0.3, 0.4) is 0 Å². The lowest BCUT2D eigenvalue weighted by molar-refractivity contribution is -0.157. The molecule has 2 N–H and O–H groups in total. The molecule has 0 radical (unpaired) electrons. The Hall–Kier alpha value is -2.39. The first-order valence-corrected chi connectivity index (χ1v) is 13.4. The van der Waals surface area contributed by atoms with Crippen LogP contribution in [0.2, 0.25) is 0 Å². The summed E-state index contributed by atoms with van der Waals surface area (Å²) in [5.41, 5.74) is 2.28. The molecular weight excluding hydrogens is 472 g/mol. The maximum atomic E-state index is 13.6. The van der Waals surface area contributed by atoms with E-state index in [-0.39, 0.29) is 51.5 Å². The third-order valence-corrected chi connectivity index (χ3v) is 10.9. The van der Waals surface area contributed by atoms with Gasteiger partial charge in [0.2, 0.25) is 11.8 Å². The van der Waals surface area contributed by atoms with E-state index in [4.69, 9.17) is 0 Å². The van der Waals surface area contributed by atoms with Crippen LogP contribution >= 0.6 is 23.1 Å². The number of nitrogens with one attached hydrogen (secondary N) is 1. The molecule has 3 heterocycles. The summed E-state index contributed by atoms with van der Waals surface area (Å²) in [6, 6.07) is 7.23. The van der Waals surface area contributed by atoms with E-state index in [9.17, 15) is 24.3 Å². The smallest absolute Gasteiger partial charge is 0.327 e. The fraction of sp³-hybridized carbons (Fsp3) is 0.520. The Morgan fingerprint density at radius 1 is 1.09 bits per heavy atom. The van der Waals surface area contributed by atoms with Crippen LogP contribution in [0.4, 0.5) is 0 Å². The van der Waals surface area contributed by atoms with Crippen LogP contribution in [0.5, 0.6) is 0 Å². The number of thioether (sulfide) groups is 1. The Morgan fingerprint density at radius 3 is 2.35 bits per heavy atom. The van der Waals surface area contributed by atoms with Gasteiger partial charge in [0.1, 0.15) is 6.04 Å². The number of aryl methyl sites for hydroxylation is 1. The zero-order valence-corrected chi connectivity index (χ0v) is 20.7. The molecule has 4 aliphatic rings. The number of carboxylic acids is 1. The van der Waals surface area contributed by atoms with Crippen molar-refractivity contribution in [2.24, 2.45) is 35.5 Å². The number of carbonyl (C=O) groups is 3. The number of carboxylic acid groups (broad SMARTS) is 1. The number of rotatable bonds is 4. The standard InChI is InChI=1S/C25H26N2O5S2/c1-9(2)18(24(30)31)27-22(28)16-12-8-13(17(16)23(27)29)19-15(12)14(11-6-4-10(3)5-7-11)20-21(33-19)26-25(32)34-20/h4-7,9,12-19H,8H2,1-3H3,(H,26,32)(H,30,31)/t12-,13+,14+,15+,16+,17+,18+,19-/m1/s1. The number of amides is 2. The number of benzene rings is 1. The lowest BCUT2D eigenvalue weighted by Gasteiger charge is -2.43. The van der Waals surface area contributed by atoms with Crippen molar-refractivity contribution < 1.29 is 19.5 Å². The molecule has 1 aromatic carbocycles. The van der Waals surface area contributed by atoms with Gasteiger partial charge in [0, 0.05) is 16.0 Å². The van der Waals surface area contributed by atoms with Crippen LogP contribution in [-0.4, -0.2) is 44.1 Å². The van der Waals surface area contributed by atoms with Gasteiger partial charge in [-0.15, -0.1) is 11.8 Å². The summed E-state index contributed by atoms with van der Waals surface area (Å²) in [7, 11) is 0. The molecule has 8 atom stereocenters. The van der Waals surface area contributed by atoms with E-state index < -0.39 is 23.8 Å². The Kier molecular flexibility index (Phi) is 4.91. The summed E-state index contributed by atoms with van der Waals surface area (Å²) in [5.74, 6) is -2.96. The number of hydrogen-bond donors (Lipinski definition) is 2. The Balaban J connectivity index is 1.44. The number of hydrogen-bond acceptors (Lipinski definition) is 6. The monoisotopic (exact) mass is 498 g/mol. The fourth-order valence-corrected chi connectivity index (χ4v) is 10.0. The number of carbonyl (C=O) groups excluding carboxylic acids is 2. The molecular formula is C25H26N2O5S2. The Morgan fingerprint density at radius 2 is 1.74 bits per heavy atom. The van der Waals surface area contributed by atoms with Crippen molar-refractivity contribution in [1.82, 2.24) is 9.88 Å². The van der Waals surface area contributed by atoms with Gasteiger partial charge in [-0.25, -0.2) is 4.79 Å². The Labute approximate surface area is 204 Å². The number of thiazole rings is 1. The number of aromatic nitrogens is 1. The topological polar surface area (TPSA) is 108 Å². The third-order valence-electron chi connectivity index (χ3n) is 8.36. The minimum absolute atomic E-state index is 0.00226. The van der Waals surface area contributed by atoms with Crippen molar-refractivity contribution in [3.8, 4) is 0 Å². The first kappa shape index (κ1) is 22.1. The van der Waals surface area contributed by atoms with E-state index in [1.165, 1.54) is 11.3 Å². The van der Waals surface area contributed by atoms with Crippen LogP contribution in [0.25, 0.3) is 0 Å². The Bertz CT molecular complexity index is 1260. The fourth-order valence-electron chi connectivity index (χ4n) is 7.15. The van der Waals surface area contributed by atoms with E-state index in [1.807, 2.05) is 6.92 Å². The van der Waals surface area contributed by atoms with E-state index in [0.29, 0.717) is 0 Å². The number of nitrogens with zero attached hydrogens (tertiary/aromatic N) is 1. The maximum absolute atomic E-state index is 13.6. The number of aliphatic carboxylic acids is 1. The quantitative estimate of drug-likeness (QED) is 0.626. The predicted molar refractivity (Wildman–Crippen MR) is 128 cm³/mol. The van der Waals surface area contributed by atoms with Crippen LogP contribution in [0, 0.1) is 42.4 Å². The van der Waals surface area contributed by atoms with Gasteiger partial charge in [-0.1, -0.05) is 55.0 Å². The summed E-state index contributed by atoms with van der Waals surface area (Å²) in [4.78, 5) is 56.5. The normalized spacial score (nSPS) is 34.4. The van der Waals surface area contributed by atoms with E-state index in [2.05, 4.69) is 29.2 Å². The first-order valence-electron chi connectivity index (χ1n) is 11.7. The lowest BCUT2D eigenvalue weighted by Crippen LogP contribution is -2.49. The van der Waals surface area contributed by atoms with Gasteiger partial charge >= 0.3 is 10.8 Å². The van der Waals surface area contributed by atoms with E-state index in [0.717, 1.165) is 32.4 Å². The minimum Gasteiger partial charge on any atom is -0.480 e. The van der Waals surface area contributed by atoms with Crippen molar-refractivity contribution in [2.45, 2.75) is 49.4 Å². The average molecular weight is 499 g/mol. The van der Waals surface area contributed by atoms with Gasteiger partial charge in [0.15, 0.2) is 0 Å². The molecule has 2 aromatic rings. The van der Waals surface area contributed by atoms with Crippen molar-refractivity contribution in [3.63, 3.8) is 0 Å². The van der Waals surface area contributed by atoms with Crippen molar-refractivity contribution in [3.05, 3.63) is 49.9 Å². The highest BCUT2D eigenvalue weighted by molar-refractivity contribution is 8.00. The predicted octanol–water partition coefficient (Wildman–Crippen LogP) is 3.33. The highest BCUT2D eigenvalue weighted by atomic mass is 32.2. The van der Waals surface area contributed by atoms with Gasteiger partial charge in [-0.3, -0.25) is 19.3 Å². The second-order valence-electron chi connectivity index (χ2n) is 10.4. The average Bonchev–Trinajstić information content (AvgIpc) is 3.49. The van der Waals surface area contributed by atoms with Gasteiger partial charge in [0.05, 0.1) is 16.9 Å². The molecule has 2 saturated carbocycles. The summed E-state index contributed by atoms with van der Waals surface area (Å²) in [5, 5.41) is 10.8. The third kappa shape index (κ3) is 2.89. The minimum atomic E-state index is -1.13. The van der Waals surface area contributed by atoms with Gasteiger partial charge < -0.3 is 10.1 Å². The number of H-pyrrole nitrogens is 1. The van der Waals surface area contributed by atoms with Gasteiger partial charge in [-0.05, 0) is 42.6 Å². The molecule has 1 saturated heterocycles. The van der Waals surface area contributed by atoms with Crippen LogP contribution in [0.15, 0.2) is 34.1 Å². The van der Waals surface area contributed by atoms with Crippen LogP contribution in [0.1, 0.15) is 42.2 Å². The number of imide groups is 1. The van der Waals surface area contributed by atoms with E-state index in [1.54, 1.807) is 25.6 Å². The summed E-state index contributed by atoms with van der Waals surface area (Å²) >= 11 is 2.89. The molecule has 0 spiro atoms. The molecule has 178 valence electrons. The summed E-state index contributed by atoms with van der Waals surface area (Å²) < 4.78 is 0. The zero-order valence-electron chi connectivity index (χ0n) is 19.1. The summed E-state index contributed by atoms with van der Waals surface area (Å²) in [6.45, 7) is 5.51. The maximum Gasteiger partial charge on any atom is 0.327 e. The van der Waals surface area contributed by atoms with Crippen LogP contribution in [-0.2, 0) is 14.4 Å². The zero-order chi connectivity index (χ0) is 24.0. The van der Waals surface area contributed by atoms with E-state index >= 15 is 0 Å². The number of likely N-dealkylation sites (tertiary alicyclic amines) is 1. The largest absolute Gasteiger partial charge is 0.480 e. The second kappa shape index (κ2) is 7.55. The molecule has 0 unspecified atom stereocenters. The SMILES string of the molecule is Cc1ccc([C@@H]2c3sc(=O)[nH]c3S[C@@H]3[C@H]4C[C@@H]([C@@H]5C(=O)N([C@H](C(=O)O)C(C)C)C(=O)[C@@H]45)[C@@H]23)cc1. The molecule has 1 aromatic heterocycles. The molecule has 2 bridgehead atoms.